The quantitative estimate of drug-likeness (QED) is 0.430. The molecule has 3 aliphatic rings. The number of benzene rings is 3. The summed E-state index contributed by atoms with van der Waals surface area (Å²) in [5, 5.41) is 2.89. The first-order valence-electron chi connectivity index (χ1n) is 12.8. The molecule has 202 valence electrons. The Kier molecular flexibility index (Phi) is 6.46. The first kappa shape index (κ1) is 25.3. The topological polar surface area (TPSA) is 83.1 Å². The minimum atomic E-state index is -3.17. The zero-order valence-corrected chi connectivity index (χ0v) is 21.1. The van der Waals surface area contributed by atoms with Gasteiger partial charge in [0.05, 0.1) is 30.8 Å². The number of hydrogen-bond donors (Lipinski definition) is 1. The Labute approximate surface area is 224 Å². The third-order valence-electron chi connectivity index (χ3n) is 7.61. The molecule has 0 aromatic heterocycles. The molecule has 1 aliphatic carbocycles. The van der Waals surface area contributed by atoms with Gasteiger partial charge in [-0.2, -0.15) is 0 Å². The second-order valence-corrected chi connectivity index (χ2v) is 10.1. The zero-order valence-electron chi connectivity index (χ0n) is 21.1. The van der Waals surface area contributed by atoms with Gasteiger partial charge in [-0.3, -0.25) is 4.79 Å². The molecule has 6 rings (SSSR count). The molecule has 2 aliphatic heterocycles. The van der Waals surface area contributed by atoms with Crippen molar-refractivity contribution >= 4 is 11.9 Å². The summed E-state index contributed by atoms with van der Waals surface area (Å²) < 4.78 is 51.7. The van der Waals surface area contributed by atoms with Gasteiger partial charge in [0.2, 0.25) is 12.7 Å². The Morgan fingerprint density at radius 3 is 2.36 bits per heavy atom. The van der Waals surface area contributed by atoms with Crippen molar-refractivity contribution < 1.29 is 37.3 Å². The van der Waals surface area contributed by atoms with Crippen LogP contribution in [-0.2, 0) is 14.3 Å². The third kappa shape index (κ3) is 4.83. The number of carbonyl (C=O) groups is 2. The van der Waals surface area contributed by atoms with Crippen LogP contribution in [0.3, 0.4) is 0 Å². The summed E-state index contributed by atoms with van der Waals surface area (Å²) in [4.78, 5) is 25.3. The van der Waals surface area contributed by atoms with Gasteiger partial charge >= 0.3 is 5.97 Å². The van der Waals surface area contributed by atoms with Gasteiger partial charge in [0.25, 0.3) is 5.92 Å². The molecule has 3 aromatic rings. The van der Waals surface area contributed by atoms with E-state index in [4.69, 9.17) is 18.9 Å². The highest BCUT2D eigenvalue weighted by molar-refractivity contribution is 5.89. The van der Waals surface area contributed by atoms with E-state index < -0.39 is 41.8 Å². The molecule has 1 N–H and O–H groups in total. The number of carbonyl (C=O) groups excluding carboxylic acids is 2. The number of fused-ring (bicyclic) bond motifs is 1. The van der Waals surface area contributed by atoms with Crippen molar-refractivity contribution in [2.24, 2.45) is 5.92 Å². The summed E-state index contributed by atoms with van der Waals surface area (Å²) in [5.41, 5.74) is 2.38. The molecule has 0 bridgehead atoms. The van der Waals surface area contributed by atoms with Crippen molar-refractivity contribution in [2.75, 3.05) is 13.9 Å². The summed E-state index contributed by atoms with van der Waals surface area (Å²) in [5.74, 6) is -6.13. The first-order valence-corrected chi connectivity index (χ1v) is 12.8. The number of nitrogens with one attached hydrogen (secondary N) is 1. The molecule has 0 radical (unpaired) electrons. The highest BCUT2D eigenvalue weighted by atomic mass is 19.3. The fourth-order valence-electron chi connectivity index (χ4n) is 5.59. The molecular formula is C30H27F2NO6. The van der Waals surface area contributed by atoms with E-state index in [1.54, 1.807) is 30.3 Å². The Morgan fingerprint density at radius 1 is 0.872 bits per heavy atom. The maximum atomic E-state index is 14.9. The van der Waals surface area contributed by atoms with Crippen molar-refractivity contribution in [2.45, 2.75) is 42.9 Å². The lowest BCUT2D eigenvalue weighted by Gasteiger charge is -2.36. The van der Waals surface area contributed by atoms with Crippen LogP contribution in [0, 0.1) is 5.92 Å². The van der Waals surface area contributed by atoms with E-state index in [1.807, 2.05) is 36.4 Å². The van der Waals surface area contributed by atoms with E-state index in [2.05, 4.69) is 5.32 Å². The number of halogens is 2. The van der Waals surface area contributed by atoms with Gasteiger partial charge in [0.1, 0.15) is 5.92 Å². The lowest BCUT2D eigenvalue weighted by Crippen LogP contribution is -2.42. The standard InChI is InChI=1S/C30H27F2NO6/c1-36-29(35)20-9-5-8-18(12-20)24-15-21(14-23(39-24)17-6-3-2-4-7-17)33-28(34)27-26(30(27,31)32)19-10-11-22-25(13-19)38-16-37-22/h2-13,21,23-24,26-27H,14-16H2,1H3,(H,33,34)/t21-,23+,24-,26?,27?/m1/s1. The molecule has 2 fully saturated rings. The largest absolute Gasteiger partial charge is 0.465 e. The summed E-state index contributed by atoms with van der Waals surface area (Å²) in [6, 6.07) is 20.8. The van der Waals surface area contributed by atoms with Crippen LogP contribution in [0.4, 0.5) is 8.78 Å². The van der Waals surface area contributed by atoms with Crippen molar-refractivity contribution in [1.82, 2.24) is 5.32 Å². The van der Waals surface area contributed by atoms with Crippen LogP contribution in [0.25, 0.3) is 0 Å². The highest BCUT2D eigenvalue weighted by Crippen LogP contribution is 2.62. The molecule has 7 nitrogen and oxygen atoms in total. The predicted octanol–water partition coefficient (Wildman–Crippen LogP) is 5.33. The lowest BCUT2D eigenvalue weighted by molar-refractivity contribution is -0.127. The number of methoxy groups -OCH3 is 1. The van der Waals surface area contributed by atoms with Crippen LogP contribution in [0.5, 0.6) is 11.5 Å². The molecule has 5 atom stereocenters. The summed E-state index contributed by atoms with van der Waals surface area (Å²) >= 11 is 0. The normalized spacial score (nSPS) is 26.5. The lowest BCUT2D eigenvalue weighted by atomic mass is 9.90. The fourth-order valence-corrected chi connectivity index (χ4v) is 5.59. The minimum absolute atomic E-state index is 0.0415. The van der Waals surface area contributed by atoms with Gasteiger partial charge in [-0.1, -0.05) is 48.5 Å². The zero-order chi connectivity index (χ0) is 27.1. The van der Waals surface area contributed by atoms with Crippen LogP contribution in [0.1, 0.15) is 58.0 Å². The molecule has 3 aromatic carbocycles. The van der Waals surface area contributed by atoms with E-state index in [-0.39, 0.29) is 12.9 Å². The summed E-state index contributed by atoms with van der Waals surface area (Å²) in [6.45, 7) is 0.0415. The average Bonchev–Trinajstić information content (AvgIpc) is 3.27. The van der Waals surface area contributed by atoms with Crippen LogP contribution < -0.4 is 14.8 Å². The predicted molar refractivity (Wildman–Crippen MR) is 136 cm³/mol. The van der Waals surface area contributed by atoms with E-state index >= 15 is 0 Å². The Bertz CT molecular complexity index is 1400. The first-order chi connectivity index (χ1) is 18.8. The number of rotatable bonds is 6. The molecule has 0 spiro atoms. The molecule has 2 heterocycles. The molecular weight excluding hydrogens is 508 g/mol. The van der Waals surface area contributed by atoms with Gasteiger partial charge in [0, 0.05) is 6.04 Å². The van der Waals surface area contributed by atoms with E-state index in [0.29, 0.717) is 35.5 Å². The molecule has 9 heteroatoms. The molecule has 1 amide bonds. The van der Waals surface area contributed by atoms with Crippen molar-refractivity contribution in [3.63, 3.8) is 0 Å². The van der Waals surface area contributed by atoms with E-state index in [1.165, 1.54) is 13.2 Å². The molecule has 39 heavy (non-hydrogen) atoms. The third-order valence-corrected chi connectivity index (χ3v) is 7.61. The maximum Gasteiger partial charge on any atom is 0.337 e. The van der Waals surface area contributed by atoms with Crippen LogP contribution >= 0.6 is 0 Å². The molecule has 2 unspecified atom stereocenters. The number of esters is 1. The fraction of sp³-hybridized carbons (Fsp3) is 0.333. The van der Waals surface area contributed by atoms with E-state index in [0.717, 1.165) is 11.1 Å². The molecule has 1 saturated heterocycles. The van der Waals surface area contributed by atoms with Crippen LogP contribution in [0.2, 0.25) is 0 Å². The average molecular weight is 536 g/mol. The Morgan fingerprint density at radius 2 is 1.59 bits per heavy atom. The second-order valence-electron chi connectivity index (χ2n) is 10.1. The smallest absolute Gasteiger partial charge is 0.337 e. The second kappa shape index (κ2) is 9.96. The van der Waals surface area contributed by atoms with Gasteiger partial charge in [0.15, 0.2) is 11.5 Å². The number of alkyl halides is 2. The minimum Gasteiger partial charge on any atom is -0.465 e. The van der Waals surface area contributed by atoms with Crippen LogP contribution in [-0.4, -0.2) is 37.7 Å². The Balaban J connectivity index is 1.22. The number of hydrogen-bond acceptors (Lipinski definition) is 6. The maximum absolute atomic E-state index is 14.9. The Hall–Kier alpha value is -3.98. The summed E-state index contributed by atoms with van der Waals surface area (Å²) in [6.07, 6.45) is -0.0487. The number of ether oxygens (including phenoxy) is 4. The van der Waals surface area contributed by atoms with Gasteiger partial charge in [-0.05, 0) is 53.8 Å². The van der Waals surface area contributed by atoms with Crippen molar-refractivity contribution in [3.8, 4) is 11.5 Å². The van der Waals surface area contributed by atoms with Crippen LogP contribution in [0.15, 0.2) is 72.8 Å². The van der Waals surface area contributed by atoms with Crippen molar-refractivity contribution in [1.29, 1.82) is 0 Å². The summed E-state index contributed by atoms with van der Waals surface area (Å²) in [7, 11) is 1.31. The highest BCUT2D eigenvalue weighted by Gasteiger charge is 2.72. The van der Waals surface area contributed by atoms with Gasteiger partial charge in [-0.25, -0.2) is 13.6 Å². The SMILES string of the molecule is COC(=O)c1cccc([C@H]2C[C@H](NC(=O)C3C(c4ccc5c(c4)OCO5)C3(F)F)C[C@@H](c3ccccc3)O2)c1. The van der Waals surface area contributed by atoms with Gasteiger partial charge in [-0.15, -0.1) is 0 Å². The van der Waals surface area contributed by atoms with Crippen molar-refractivity contribution in [3.05, 3.63) is 95.1 Å². The van der Waals surface area contributed by atoms with E-state index in [9.17, 15) is 18.4 Å². The molecule has 1 saturated carbocycles. The monoisotopic (exact) mass is 535 g/mol. The number of amides is 1. The van der Waals surface area contributed by atoms with Gasteiger partial charge < -0.3 is 24.3 Å².